The Morgan fingerprint density at radius 1 is 1.30 bits per heavy atom. The van der Waals surface area contributed by atoms with E-state index in [2.05, 4.69) is 0 Å². The third kappa shape index (κ3) is 5.54. The number of hydrogen-bond acceptors (Lipinski definition) is 4. The van der Waals surface area contributed by atoms with Crippen molar-refractivity contribution in [2.24, 2.45) is 0 Å². The van der Waals surface area contributed by atoms with Gasteiger partial charge in [0.1, 0.15) is 11.8 Å². The van der Waals surface area contributed by atoms with E-state index >= 15 is 0 Å². The summed E-state index contributed by atoms with van der Waals surface area (Å²) in [5, 5.41) is 9.62. The zero-order valence-electron chi connectivity index (χ0n) is 5.84. The Bertz CT molecular complexity index is 163. The van der Waals surface area contributed by atoms with E-state index in [4.69, 9.17) is 0 Å². The van der Waals surface area contributed by atoms with Gasteiger partial charge in [0.15, 0.2) is 5.78 Å². The van der Waals surface area contributed by atoms with Crippen LogP contribution in [-0.2, 0) is 14.4 Å². The fourth-order valence-corrected chi connectivity index (χ4v) is 0.298. The molecule has 0 radical (unpaired) electrons. The van der Waals surface area contributed by atoms with E-state index in [0.29, 0.717) is 0 Å². The van der Waals surface area contributed by atoms with E-state index in [1.807, 2.05) is 0 Å². The molecule has 0 aliphatic rings. The summed E-state index contributed by atoms with van der Waals surface area (Å²) in [5.74, 6) is -3.43. The minimum absolute atomic E-state index is 0. The van der Waals surface area contributed by atoms with Crippen molar-refractivity contribution in [3.8, 4) is 0 Å². The molecule has 0 unspecified atom stereocenters. The molecule has 0 bridgehead atoms. The second kappa shape index (κ2) is 5.21. The van der Waals surface area contributed by atoms with E-state index in [9.17, 15) is 19.5 Å². The van der Waals surface area contributed by atoms with E-state index in [-0.39, 0.29) is 18.9 Å². The normalized spacial score (nSPS) is 7.70. The molecule has 0 heterocycles. The van der Waals surface area contributed by atoms with Crippen LogP contribution in [0.4, 0.5) is 0 Å². The number of rotatable bonds is 3. The molecule has 0 aliphatic carbocycles. The molecule has 4 nitrogen and oxygen atoms in total. The van der Waals surface area contributed by atoms with Crippen LogP contribution in [0.25, 0.3) is 0 Å². The second-order valence-corrected chi connectivity index (χ2v) is 1.59. The maximum absolute atomic E-state index is 10.1. The van der Waals surface area contributed by atoms with Gasteiger partial charge in [0.25, 0.3) is 0 Å². The fourth-order valence-electron chi connectivity index (χ4n) is 0.298. The number of ketones is 2. The van der Waals surface area contributed by atoms with E-state index in [1.165, 1.54) is 0 Å². The molecule has 0 aromatic heterocycles. The average molecular weight is 136 g/mol. The van der Waals surface area contributed by atoms with Crippen molar-refractivity contribution in [2.75, 3.05) is 0 Å². The molecule has 0 aromatic rings. The zero-order valence-corrected chi connectivity index (χ0v) is 5.84. The molecule has 0 spiro atoms. The van der Waals surface area contributed by atoms with Gasteiger partial charge in [-0.25, -0.2) is 0 Å². The number of aliphatic carboxylic acids is 1. The summed E-state index contributed by atoms with van der Waals surface area (Å²) in [5.41, 5.74) is 0. The molecule has 0 aromatic carbocycles. The molecule has 0 rings (SSSR count). The van der Waals surface area contributed by atoms with Crippen LogP contribution in [0.1, 0.15) is 13.3 Å². The number of carbonyl (C=O) groups is 3. The van der Waals surface area contributed by atoms with Crippen molar-refractivity contribution >= 4 is 17.5 Å². The van der Waals surface area contributed by atoms with Crippen molar-refractivity contribution in [3.63, 3.8) is 0 Å². The van der Waals surface area contributed by atoms with Crippen molar-refractivity contribution in [1.82, 2.24) is 0 Å². The summed E-state index contributed by atoms with van der Waals surface area (Å²) in [7, 11) is 0. The summed E-state index contributed by atoms with van der Waals surface area (Å²) < 4.78 is 0. The first-order valence-electron chi connectivity index (χ1n) is 2.27. The van der Waals surface area contributed by atoms with Crippen LogP contribution in [0.15, 0.2) is 0 Å². The van der Waals surface area contributed by atoms with Gasteiger partial charge in [0.2, 0.25) is 0 Å². The third-order valence-electron chi connectivity index (χ3n) is 0.637. The van der Waals surface area contributed by atoms with Crippen molar-refractivity contribution < 1.29 is 38.4 Å². The standard InChI is InChI=1S/C5H6O4.Li/c1-3(6)2-4(7)5(8)9;/h2H2,1H3,(H,8,9);/q;+1/p-1. The van der Waals surface area contributed by atoms with Crippen LogP contribution >= 0.6 is 0 Å². The Hall–Kier alpha value is -0.593. The first-order valence-corrected chi connectivity index (χ1v) is 2.27. The first-order chi connectivity index (χ1) is 4.04. The Morgan fingerprint density at radius 2 is 1.70 bits per heavy atom. The van der Waals surface area contributed by atoms with Crippen LogP contribution in [-0.4, -0.2) is 17.5 Å². The largest absolute Gasteiger partial charge is 1.00 e. The molecule has 0 amide bonds. The summed E-state index contributed by atoms with van der Waals surface area (Å²) >= 11 is 0. The Kier molecular flexibility index (Phi) is 6.32. The minimum Gasteiger partial charge on any atom is -0.542 e. The van der Waals surface area contributed by atoms with Gasteiger partial charge in [0.05, 0.1) is 6.42 Å². The Labute approximate surface area is 69.8 Å². The molecule has 0 saturated carbocycles. The molecular weight excluding hydrogens is 131 g/mol. The van der Waals surface area contributed by atoms with Gasteiger partial charge in [-0.05, 0) is 6.92 Å². The number of Topliss-reactive ketones (excluding diaryl/α,β-unsaturated/α-hetero) is 2. The summed E-state index contributed by atoms with van der Waals surface area (Å²) in [4.78, 5) is 29.7. The summed E-state index contributed by atoms with van der Waals surface area (Å²) in [6.07, 6.45) is -0.567. The maximum atomic E-state index is 10.1. The monoisotopic (exact) mass is 136 g/mol. The van der Waals surface area contributed by atoms with Crippen LogP contribution in [0.5, 0.6) is 0 Å². The van der Waals surface area contributed by atoms with Crippen LogP contribution in [0.2, 0.25) is 0 Å². The Morgan fingerprint density at radius 3 is 1.80 bits per heavy atom. The predicted octanol–water partition coefficient (Wildman–Crippen LogP) is -4.71. The van der Waals surface area contributed by atoms with E-state index in [0.717, 1.165) is 6.92 Å². The van der Waals surface area contributed by atoms with Crippen LogP contribution in [0, 0.1) is 0 Å². The van der Waals surface area contributed by atoms with Gasteiger partial charge in [0, 0.05) is 0 Å². The maximum Gasteiger partial charge on any atom is 1.00 e. The fraction of sp³-hybridized carbons (Fsp3) is 0.400. The molecule has 10 heavy (non-hydrogen) atoms. The molecule has 0 N–H and O–H groups in total. The van der Waals surface area contributed by atoms with Crippen molar-refractivity contribution in [3.05, 3.63) is 0 Å². The van der Waals surface area contributed by atoms with Gasteiger partial charge in [-0.1, -0.05) is 0 Å². The molecule has 0 atom stereocenters. The molecule has 50 valence electrons. The van der Waals surface area contributed by atoms with Gasteiger partial charge in [-0.3, -0.25) is 9.59 Å². The number of carboxylic acids is 1. The summed E-state index contributed by atoms with van der Waals surface area (Å²) in [6, 6.07) is 0. The Balaban J connectivity index is 0. The number of hydrogen-bond donors (Lipinski definition) is 0. The summed E-state index contributed by atoms with van der Waals surface area (Å²) in [6.45, 7) is 1.14. The first kappa shape index (κ1) is 12.1. The molecule has 5 heteroatoms. The third-order valence-corrected chi connectivity index (χ3v) is 0.637. The van der Waals surface area contributed by atoms with Gasteiger partial charge < -0.3 is 9.90 Å². The quantitative estimate of drug-likeness (QED) is 0.222. The zero-order chi connectivity index (χ0) is 7.44. The minimum atomic E-state index is -1.80. The molecule has 0 saturated heterocycles. The number of carboxylic acid groups (broad SMARTS) is 1. The second-order valence-electron chi connectivity index (χ2n) is 1.59. The van der Waals surface area contributed by atoms with Crippen molar-refractivity contribution in [1.29, 1.82) is 0 Å². The molecule has 0 aliphatic heterocycles. The van der Waals surface area contributed by atoms with Gasteiger partial charge in [-0.2, -0.15) is 0 Å². The average Bonchev–Trinajstić information content (AvgIpc) is 1.63. The van der Waals surface area contributed by atoms with Crippen molar-refractivity contribution in [2.45, 2.75) is 13.3 Å². The topological polar surface area (TPSA) is 74.3 Å². The van der Waals surface area contributed by atoms with E-state index in [1.54, 1.807) is 0 Å². The molecule has 0 fully saturated rings. The predicted molar refractivity (Wildman–Crippen MR) is 25.3 cm³/mol. The number of carbonyl (C=O) groups excluding carboxylic acids is 3. The van der Waals surface area contributed by atoms with Gasteiger partial charge >= 0.3 is 18.9 Å². The smallest absolute Gasteiger partial charge is 0.542 e. The van der Waals surface area contributed by atoms with Crippen LogP contribution < -0.4 is 24.0 Å². The SMILES string of the molecule is CC(=O)CC(=O)C(=O)[O-].[Li+]. The van der Waals surface area contributed by atoms with Gasteiger partial charge in [-0.15, -0.1) is 0 Å². The van der Waals surface area contributed by atoms with Crippen LogP contribution in [0.3, 0.4) is 0 Å². The van der Waals surface area contributed by atoms with E-state index < -0.39 is 24.0 Å². The molecular formula is C5H5LiO4.